The number of nitrogens with zero attached hydrogens (tertiary/aromatic N) is 1. The molecule has 8 heteroatoms. The van der Waals surface area contributed by atoms with Gasteiger partial charge in [0.1, 0.15) is 0 Å². The standard InChI is InChI=1S/C15H14ClN3O3S/c16-11-5-7-12(8-6-11)23(21,22)17-9-10-19-14-4-2-1-3-13(14)18-15(19)20/h1-8,17H,9-10H2,(H,18,20). The molecule has 0 aliphatic rings. The monoisotopic (exact) mass is 351 g/mol. The molecule has 0 amide bonds. The molecular weight excluding hydrogens is 338 g/mol. The average Bonchev–Trinajstić information content (AvgIpc) is 2.84. The van der Waals surface area contributed by atoms with Crippen molar-refractivity contribution in [2.75, 3.05) is 6.54 Å². The third-order valence-electron chi connectivity index (χ3n) is 3.43. The first-order chi connectivity index (χ1) is 11.0. The minimum atomic E-state index is -3.63. The van der Waals surface area contributed by atoms with Gasteiger partial charge in [0.05, 0.1) is 15.9 Å². The maximum Gasteiger partial charge on any atom is 0.326 e. The second-order valence-electron chi connectivity index (χ2n) is 4.95. The van der Waals surface area contributed by atoms with Crippen molar-refractivity contribution in [1.29, 1.82) is 0 Å². The number of aromatic nitrogens is 2. The number of benzene rings is 2. The molecule has 0 aliphatic carbocycles. The van der Waals surface area contributed by atoms with Gasteiger partial charge in [0.25, 0.3) is 0 Å². The number of fused-ring (bicyclic) bond motifs is 1. The van der Waals surface area contributed by atoms with Gasteiger partial charge in [-0.15, -0.1) is 0 Å². The number of sulfonamides is 1. The minimum absolute atomic E-state index is 0.104. The van der Waals surface area contributed by atoms with Crippen LogP contribution in [0.5, 0.6) is 0 Å². The van der Waals surface area contributed by atoms with Crippen molar-refractivity contribution < 1.29 is 8.42 Å². The van der Waals surface area contributed by atoms with Crippen LogP contribution in [-0.2, 0) is 16.6 Å². The summed E-state index contributed by atoms with van der Waals surface area (Å²) in [5.41, 5.74) is 1.19. The molecule has 0 aliphatic heterocycles. The topological polar surface area (TPSA) is 84.0 Å². The fourth-order valence-corrected chi connectivity index (χ4v) is 3.46. The third kappa shape index (κ3) is 3.31. The van der Waals surface area contributed by atoms with Crippen LogP contribution in [0.2, 0.25) is 5.02 Å². The molecule has 0 bridgehead atoms. The second kappa shape index (κ2) is 6.19. The lowest BCUT2D eigenvalue weighted by Crippen LogP contribution is -2.30. The number of rotatable bonds is 5. The fraction of sp³-hybridized carbons (Fsp3) is 0.133. The summed E-state index contributed by atoms with van der Waals surface area (Å²) in [4.78, 5) is 14.8. The summed E-state index contributed by atoms with van der Waals surface area (Å²) in [5, 5.41) is 0.467. The number of para-hydroxylation sites is 2. The van der Waals surface area contributed by atoms with E-state index >= 15 is 0 Å². The van der Waals surface area contributed by atoms with E-state index in [0.29, 0.717) is 5.02 Å². The van der Waals surface area contributed by atoms with E-state index < -0.39 is 10.0 Å². The van der Waals surface area contributed by atoms with E-state index in [0.717, 1.165) is 11.0 Å². The second-order valence-corrected chi connectivity index (χ2v) is 7.15. The predicted octanol–water partition coefficient (Wildman–Crippen LogP) is 1.96. The van der Waals surface area contributed by atoms with E-state index in [1.807, 2.05) is 12.1 Å². The highest BCUT2D eigenvalue weighted by atomic mass is 35.5. The highest BCUT2D eigenvalue weighted by Gasteiger charge is 2.14. The van der Waals surface area contributed by atoms with Crippen molar-refractivity contribution >= 4 is 32.7 Å². The summed E-state index contributed by atoms with van der Waals surface area (Å²) in [6.45, 7) is 0.336. The van der Waals surface area contributed by atoms with Gasteiger partial charge in [-0.3, -0.25) is 4.57 Å². The average molecular weight is 352 g/mol. The van der Waals surface area contributed by atoms with Gasteiger partial charge < -0.3 is 4.98 Å². The molecule has 0 fully saturated rings. The zero-order valence-electron chi connectivity index (χ0n) is 12.0. The third-order valence-corrected chi connectivity index (χ3v) is 5.16. The van der Waals surface area contributed by atoms with Gasteiger partial charge in [0, 0.05) is 18.1 Å². The Morgan fingerprint density at radius 2 is 1.78 bits per heavy atom. The van der Waals surface area contributed by atoms with Crippen LogP contribution in [0.1, 0.15) is 0 Å². The molecule has 0 atom stereocenters. The molecule has 120 valence electrons. The van der Waals surface area contributed by atoms with Gasteiger partial charge in [-0.1, -0.05) is 23.7 Å². The van der Waals surface area contributed by atoms with Gasteiger partial charge in [-0.2, -0.15) is 0 Å². The van der Waals surface area contributed by atoms with Crippen molar-refractivity contribution in [2.24, 2.45) is 0 Å². The first kappa shape index (κ1) is 15.8. The molecular formula is C15H14ClN3O3S. The molecule has 1 heterocycles. The first-order valence-corrected chi connectivity index (χ1v) is 8.76. The lowest BCUT2D eigenvalue weighted by atomic mass is 10.3. The van der Waals surface area contributed by atoms with Crippen LogP contribution >= 0.6 is 11.6 Å². The molecule has 3 aromatic rings. The Morgan fingerprint density at radius 1 is 1.09 bits per heavy atom. The molecule has 0 saturated carbocycles. The number of halogens is 1. The van der Waals surface area contributed by atoms with Crippen LogP contribution in [0, 0.1) is 0 Å². The fourth-order valence-electron chi connectivity index (χ4n) is 2.32. The number of imidazole rings is 1. The molecule has 3 rings (SSSR count). The van der Waals surface area contributed by atoms with Gasteiger partial charge in [-0.05, 0) is 36.4 Å². The Balaban J connectivity index is 1.75. The Labute approximate surface area is 137 Å². The summed E-state index contributed by atoms with van der Waals surface area (Å²) in [6.07, 6.45) is 0. The van der Waals surface area contributed by atoms with Gasteiger partial charge in [0.2, 0.25) is 10.0 Å². The molecule has 0 unspecified atom stereocenters. The zero-order valence-corrected chi connectivity index (χ0v) is 13.6. The molecule has 2 N–H and O–H groups in total. The SMILES string of the molecule is O=c1[nH]c2ccccc2n1CCNS(=O)(=O)c1ccc(Cl)cc1. The summed E-state index contributed by atoms with van der Waals surface area (Å²) in [7, 11) is -3.63. The van der Waals surface area contributed by atoms with E-state index in [4.69, 9.17) is 11.6 Å². The zero-order chi connectivity index (χ0) is 16.4. The summed E-state index contributed by atoms with van der Waals surface area (Å²) in [5.74, 6) is 0. The Kier molecular flexibility index (Phi) is 4.25. The van der Waals surface area contributed by atoms with E-state index in [2.05, 4.69) is 9.71 Å². The van der Waals surface area contributed by atoms with Gasteiger partial charge >= 0.3 is 5.69 Å². The lowest BCUT2D eigenvalue weighted by molar-refractivity contribution is 0.572. The Hall–Kier alpha value is -2.09. The van der Waals surface area contributed by atoms with Crippen LogP contribution in [0.25, 0.3) is 11.0 Å². The smallest absolute Gasteiger partial charge is 0.306 e. The van der Waals surface area contributed by atoms with E-state index in [9.17, 15) is 13.2 Å². The van der Waals surface area contributed by atoms with E-state index in [1.165, 1.54) is 28.8 Å². The van der Waals surface area contributed by atoms with Crippen LogP contribution in [0.4, 0.5) is 0 Å². The van der Waals surface area contributed by atoms with Crippen molar-refractivity contribution in [3.8, 4) is 0 Å². The maximum absolute atomic E-state index is 12.2. The summed E-state index contributed by atoms with van der Waals surface area (Å²) >= 11 is 5.75. The number of hydrogen-bond acceptors (Lipinski definition) is 3. The van der Waals surface area contributed by atoms with Crippen molar-refractivity contribution in [3.05, 3.63) is 64.0 Å². The largest absolute Gasteiger partial charge is 0.326 e. The predicted molar refractivity (Wildman–Crippen MR) is 89.2 cm³/mol. The van der Waals surface area contributed by atoms with E-state index in [1.54, 1.807) is 12.1 Å². The highest BCUT2D eigenvalue weighted by Crippen LogP contribution is 2.14. The van der Waals surface area contributed by atoms with Crippen molar-refractivity contribution in [1.82, 2.24) is 14.3 Å². The normalized spacial score (nSPS) is 11.9. The summed E-state index contributed by atoms with van der Waals surface area (Å²) < 4.78 is 28.3. The number of H-pyrrole nitrogens is 1. The molecule has 0 saturated heterocycles. The number of nitrogens with one attached hydrogen (secondary N) is 2. The number of hydrogen-bond donors (Lipinski definition) is 2. The Bertz CT molecular complexity index is 991. The summed E-state index contributed by atoms with van der Waals surface area (Å²) in [6, 6.07) is 13.1. The van der Waals surface area contributed by atoms with Crippen LogP contribution in [0.15, 0.2) is 58.2 Å². The maximum atomic E-state index is 12.2. The lowest BCUT2D eigenvalue weighted by Gasteiger charge is -2.07. The highest BCUT2D eigenvalue weighted by molar-refractivity contribution is 7.89. The molecule has 2 aromatic carbocycles. The van der Waals surface area contributed by atoms with Crippen LogP contribution in [0.3, 0.4) is 0 Å². The Morgan fingerprint density at radius 3 is 2.52 bits per heavy atom. The van der Waals surface area contributed by atoms with Crippen molar-refractivity contribution in [3.63, 3.8) is 0 Å². The van der Waals surface area contributed by atoms with Gasteiger partial charge in [-0.25, -0.2) is 17.9 Å². The number of aromatic amines is 1. The molecule has 1 aromatic heterocycles. The quantitative estimate of drug-likeness (QED) is 0.737. The van der Waals surface area contributed by atoms with Gasteiger partial charge in [0.15, 0.2) is 0 Å². The van der Waals surface area contributed by atoms with E-state index in [-0.39, 0.29) is 23.7 Å². The molecule has 0 spiro atoms. The molecule has 23 heavy (non-hydrogen) atoms. The van der Waals surface area contributed by atoms with Crippen LogP contribution in [-0.4, -0.2) is 24.5 Å². The van der Waals surface area contributed by atoms with Crippen molar-refractivity contribution in [2.45, 2.75) is 11.4 Å². The molecule has 6 nitrogen and oxygen atoms in total. The van der Waals surface area contributed by atoms with Crippen LogP contribution < -0.4 is 10.4 Å². The first-order valence-electron chi connectivity index (χ1n) is 6.90. The minimum Gasteiger partial charge on any atom is -0.306 e. The molecule has 0 radical (unpaired) electrons.